The van der Waals surface area contributed by atoms with Crippen LogP contribution in [0.5, 0.6) is 11.5 Å². The van der Waals surface area contributed by atoms with E-state index in [0.717, 1.165) is 11.3 Å². The normalized spacial score (nSPS) is 10.7. The second-order valence-electron chi connectivity index (χ2n) is 5.62. The molecule has 27 heavy (non-hydrogen) atoms. The van der Waals surface area contributed by atoms with Gasteiger partial charge in [-0.15, -0.1) is 0 Å². The molecule has 0 radical (unpaired) electrons. The number of hydrogen-bond donors (Lipinski definition) is 1. The first-order valence-electron chi connectivity index (χ1n) is 8.22. The molecular weight excluding hydrogens is 352 g/mol. The molecule has 0 bridgehead atoms. The number of carbonyl (C=O) groups excluding carboxylic acids is 2. The molecule has 8 heteroatoms. The van der Waals surface area contributed by atoms with Gasteiger partial charge in [0.15, 0.2) is 18.1 Å². The van der Waals surface area contributed by atoms with E-state index >= 15 is 0 Å². The maximum Gasteiger partial charge on any atom is 0.331 e. The first-order chi connectivity index (χ1) is 12.9. The molecule has 0 fully saturated rings. The Bertz CT molecular complexity index is 821. The summed E-state index contributed by atoms with van der Waals surface area (Å²) in [5.41, 5.74) is 2.38. The molecule has 0 atom stereocenters. The van der Waals surface area contributed by atoms with Gasteiger partial charge in [-0.05, 0) is 37.6 Å². The molecule has 2 rings (SSSR count). The lowest BCUT2D eigenvalue weighted by Crippen LogP contribution is -2.24. The standard InChI is InChI=1S/C19H22N2O6/c1-12-15(13(2)27-21-12)10-25-16-7-5-14(9-17(16)24-4)6-8-19(23)26-11-18(22)20-3/h5-9H,10-11H2,1-4H3,(H,20,22)/b8-6+. The van der Waals surface area contributed by atoms with Crippen LogP contribution in [-0.4, -0.2) is 37.8 Å². The number of methoxy groups -OCH3 is 1. The molecule has 1 heterocycles. The molecule has 0 unspecified atom stereocenters. The number of esters is 1. The highest BCUT2D eigenvalue weighted by Gasteiger charge is 2.12. The number of rotatable bonds is 8. The number of hydrogen-bond acceptors (Lipinski definition) is 7. The van der Waals surface area contributed by atoms with Crippen LogP contribution in [0.25, 0.3) is 6.08 Å². The molecule has 0 aliphatic rings. The van der Waals surface area contributed by atoms with Crippen molar-refractivity contribution in [1.29, 1.82) is 0 Å². The van der Waals surface area contributed by atoms with Crippen LogP contribution in [0.2, 0.25) is 0 Å². The lowest BCUT2D eigenvalue weighted by molar-refractivity contribution is -0.143. The third kappa shape index (κ3) is 5.60. The van der Waals surface area contributed by atoms with Gasteiger partial charge >= 0.3 is 5.97 Å². The zero-order valence-electron chi connectivity index (χ0n) is 15.7. The van der Waals surface area contributed by atoms with Crippen molar-refractivity contribution in [2.45, 2.75) is 20.5 Å². The highest BCUT2D eigenvalue weighted by Crippen LogP contribution is 2.30. The summed E-state index contributed by atoms with van der Waals surface area (Å²) >= 11 is 0. The minimum Gasteiger partial charge on any atom is -0.493 e. The van der Waals surface area contributed by atoms with Gasteiger partial charge in [0.05, 0.1) is 18.4 Å². The third-order valence-electron chi connectivity index (χ3n) is 3.78. The van der Waals surface area contributed by atoms with Crippen LogP contribution in [-0.2, 0) is 20.9 Å². The van der Waals surface area contributed by atoms with Gasteiger partial charge in [-0.1, -0.05) is 11.2 Å². The Hall–Kier alpha value is -3.29. The summed E-state index contributed by atoms with van der Waals surface area (Å²) in [6.07, 6.45) is 2.80. The van der Waals surface area contributed by atoms with Gasteiger partial charge in [0.1, 0.15) is 12.4 Å². The van der Waals surface area contributed by atoms with E-state index in [9.17, 15) is 9.59 Å². The molecule has 0 saturated carbocycles. The number of aromatic nitrogens is 1. The fourth-order valence-electron chi connectivity index (χ4n) is 2.19. The number of aryl methyl sites for hydroxylation is 2. The van der Waals surface area contributed by atoms with Gasteiger partial charge in [0, 0.05) is 13.1 Å². The Kier molecular flexibility index (Phi) is 6.99. The smallest absolute Gasteiger partial charge is 0.331 e. The molecule has 1 amide bonds. The van der Waals surface area contributed by atoms with Crippen LogP contribution in [0.4, 0.5) is 0 Å². The van der Waals surface area contributed by atoms with E-state index < -0.39 is 5.97 Å². The second-order valence-corrected chi connectivity index (χ2v) is 5.62. The largest absolute Gasteiger partial charge is 0.493 e. The van der Waals surface area contributed by atoms with Crippen LogP contribution < -0.4 is 14.8 Å². The van der Waals surface area contributed by atoms with E-state index in [0.29, 0.717) is 29.4 Å². The summed E-state index contributed by atoms with van der Waals surface area (Å²) in [7, 11) is 3.00. The van der Waals surface area contributed by atoms with Gasteiger partial charge in [-0.2, -0.15) is 0 Å². The summed E-state index contributed by atoms with van der Waals surface area (Å²) < 4.78 is 21.1. The van der Waals surface area contributed by atoms with E-state index in [2.05, 4.69) is 10.5 Å². The van der Waals surface area contributed by atoms with E-state index in [-0.39, 0.29) is 12.5 Å². The van der Waals surface area contributed by atoms with Crippen molar-refractivity contribution in [2.75, 3.05) is 20.8 Å². The molecule has 2 aromatic rings. The Morgan fingerprint density at radius 3 is 2.67 bits per heavy atom. The number of carbonyl (C=O) groups is 2. The van der Waals surface area contributed by atoms with Crippen molar-refractivity contribution in [1.82, 2.24) is 10.5 Å². The van der Waals surface area contributed by atoms with Crippen molar-refractivity contribution < 1.29 is 28.3 Å². The molecule has 1 aromatic heterocycles. The van der Waals surface area contributed by atoms with E-state index in [1.807, 2.05) is 13.8 Å². The fourth-order valence-corrected chi connectivity index (χ4v) is 2.19. The predicted octanol–water partition coefficient (Wildman–Crippen LogP) is 2.18. The fraction of sp³-hybridized carbons (Fsp3) is 0.316. The molecule has 8 nitrogen and oxygen atoms in total. The third-order valence-corrected chi connectivity index (χ3v) is 3.78. The minimum absolute atomic E-state index is 0.304. The average molecular weight is 374 g/mol. The van der Waals surface area contributed by atoms with Crippen LogP contribution in [0, 0.1) is 13.8 Å². The van der Waals surface area contributed by atoms with Crippen LogP contribution in [0.1, 0.15) is 22.6 Å². The zero-order chi connectivity index (χ0) is 19.8. The number of nitrogens with zero attached hydrogens (tertiary/aromatic N) is 1. The summed E-state index contributed by atoms with van der Waals surface area (Å²) in [6.45, 7) is 3.66. The highest BCUT2D eigenvalue weighted by atomic mass is 16.5. The number of nitrogens with one attached hydrogen (secondary N) is 1. The van der Waals surface area contributed by atoms with Gasteiger partial charge in [-0.25, -0.2) is 4.79 Å². The highest BCUT2D eigenvalue weighted by molar-refractivity contribution is 5.89. The molecule has 1 aromatic carbocycles. The lowest BCUT2D eigenvalue weighted by Gasteiger charge is -2.11. The van der Waals surface area contributed by atoms with Gasteiger partial charge in [0.2, 0.25) is 0 Å². The molecule has 0 saturated heterocycles. The SMILES string of the molecule is CNC(=O)COC(=O)/C=C/c1ccc(OCc2c(C)noc2C)c(OC)c1. The van der Waals surface area contributed by atoms with Gasteiger partial charge in [0.25, 0.3) is 5.91 Å². The Labute approximate surface area is 157 Å². The predicted molar refractivity (Wildman–Crippen MR) is 97.4 cm³/mol. The van der Waals surface area contributed by atoms with Crippen molar-refractivity contribution in [3.05, 3.63) is 46.9 Å². The molecule has 0 aliphatic carbocycles. The average Bonchev–Trinajstić information content (AvgIpc) is 3.00. The van der Waals surface area contributed by atoms with Gasteiger partial charge in [-0.3, -0.25) is 4.79 Å². The Balaban J connectivity index is 2.01. The van der Waals surface area contributed by atoms with Crippen molar-refractivity contribution in [2.24, 2.45) is 0 Å². The molecule has 0 spiro atoms. The monoisotopic (exact) mass is 374 g/mol. The van der Waals surface area contributed by atoms with Crippen LogP contribution >= 0.6 is 0 Å². The van der Waals surface area contributed by atoms with E-state index in [4.69, 9.17) is 18.7 Å². The maximum absolute atomic E-state index is 11.6. The first kappa shape index (κ1) is 20.0. The lowest BCUT2D eigenvalue weighted by atomic mass is 10.2. The molecule has 144 valence electrons. The molecular formula is C19H22N2O6. The Morgan fingerprint density at radius 2 is 2.04 bits per heavy atom. The van der Waals surface area contributed by atoms with E-state index in [1.54, 1.807) is 24.3 Å². The quantitative estimate of drug-likeness (QED) is 0.558. The summed E-state index contributed by atoms with van der Waals surface area (Å²) in [4.78, 5) is 22.6. The second kappa shape index (κ2) is 9.42. The first-order valence-corrected chi connectivity index (χ1v) is 8.22. The maximum atomic E-state index is 11.6. The number of amides is 1. The number of likely N-dealkylation sites (N-methyl/N-ethyl adjacent to an activating group) is 1. The van der Waals surface area contributed by atoms with Crippen molar-refractivity contribution >= 4 is 18.0 Å². The summed E-state index contributed by atoms with van der Waals surface area (Å²) in [5, 5.41) is 6.26. The van der Waals surface area contributed by atoms with Crippen molar-refractivity contribution in [3.63, 3.8) is 0 Å². The Morgan fingerprint density at radius 1 is 1.26 bits per heavy atom. The number of benzene rings is 1. The van der Waals surface area contributed by atoms with Crippen molar-refractivity contribution in [3.8, 4) is 11.5 Å². The molecule has 0 aliphatic heterocycles. The van der Waals surface area contributed by atoms with Crippen LogP contribution in [0.15, 0.2) is 28.8 Å². The topological polar surface area (TPSA) is 99.9 Å². The zero-order valence-corrected chi connectivity index (χ0v) is 15.7. The van der Waals surface area contributed by atoms with Crippen LogP contribution in [0.3, 0.4) is 0 Å². The number of ether oxygens (including phenoxy) is 3. The summed E-state index contributed by atoms with van der Waals surface area (Å²) in [6, 6.07) is 5.24. The summed E-state index contributed by atoms with van der Waals surface area (Å²) in [5.74, 6) is 0.787. The minimum atomic E-state index is -0.615. The van der Waals surface area contributed by atoms with E-state index in [1.165, 1.54) is 20.2 Å². The van der Waals surface area contributed by atoms with Gasteiger partial charge < -0.3 is 24.1 Å². The molecule has 1 N–H and O–H groups in total.